The molecule has 0 radical (unpaired) electrons. The van der Waals surface area contributed by atoms with E-state index in [9.17, 15) is 0 Å². The standard InChI is InChI=1S/C58H35N5O2/c1-4-14-36(15-5-1)43-21-12-23-46-47-24-13-22-44(54(47)65-53(43)46)40-28-32-51-48(34-40)45-20-10-11-25-50(45)63(51)42-30-26-39(27-31-42)58-59-49-35-41(29-33-52(49)64-58)57-61-55(37-16-6-2-7-17-37)60-56(62-57)38-18-8-3-9-19-38/h1-35H. The molecule has 0 saturated heterocycles. The van der Waals surface area contributed by atoms with Crippen LogP contribution < -0.4 is 0 Å². The van der Waals surface area contributed by atoms with Crippen molar-refractivity contribution >= 4 is 54.8 Å². The predicted octanol–water partition coefficient (Wildman–Crippen LogP) is 15.0. The van der Waals surface area contributed by atoms with Crippen LogP contribution >= 0.6 is 0 Å². The molecule has 9 aromatic carbocycles. The number of para-hydroxylation sites is 3. The zero-order chi connectivity index (χ0) is 42.8. The molecular formula is C58H35N5O2. The van der Waals surface area contributed by atoms with Crippen LogP contribution in [0.1, 0.15) is 0 Å². The lowest BCUT2D eigenvalue weighted by atomic mass is 9.99. The number of benzene rings is 9. The number of aromatic nitrogens is 5. The first-order chi connectivity index (χ1) is 32.2. The third-order valence-corrected chi connectivity index (χ3v) is 12.3. The summed E-state index contributed by atoms with van der Waals surface area (Å²) in [6.45, 7) is 0. The molecule has 65 heavy (non-hydrogen) atoms. The van der Waals surface area contributed by atoms with Crippen LogP contribution in [0.4, 0.5) is 0 Å². The van der Waals surface area contributed by atoms with Gasteiger partial charge in [-0.2, -0.15) is 0 Å². The quantitative estimate of drug-likeness (QED) is 0.159. The first kappa shape index (κ1) is 36.7. The second kappa shape index (κ2) is 14.9. The highest BCUT2D eigenvalue weighted by Gasteiger charge is 2.19. The van der Waals surface area contributed by atoms with Gasteiger partial charge >= 0.3 is 0 Å². The summed E-state index contributed by atoms with van der Waals surface area (Å²) >= 11 is 0. The van der Waals surface area contributed by atoms with E-state index in [1.54, 1.807) is 0 Å². The maximum absolute atomic E-state index is 6.80. The second-order valence-electron chi connectivity index (χ2n) is 16.2. The summed E-state index contributed by atoms with van der Waals surface area (Å²) < 4.78 is 15.5. The number of fused-ring (bicyclic) bond motifs is 7. The van der Waals surface area contributed by atoms with Crippen molar-refractivity contribution in [2.75, 3.05) is 0 Å². The van der Waals surface area contributed by atoms with Crippen molar-refractivity contribution in [3.63, 3.8) is 0 Å². The molecule has 4 aromatic heterocycles. The van der Waals surface area contributed by atoms with Crippen LogP contribution in [0.2, 0.25) is 0 Å². The van der Waals surface area contributed by atoms with Crippen LogP contribution in [-0.4, -0.2) is 24.5 Å². The van der Waals surface area contributed by atoms with Crippen molar-refractivity contribution in [3.05, 3.63) is 212 Å². The van der Waals surface area contributed by atoms with Gasteiger partial charge < -0.3 is 13.4 Å². The lowest BCUT2D eigenvalue weighted by molar-refractivity contribution is 0.620. The smallest absolute Gasteiger partial charge is 0.227 e. The topological polar surface area (TPSA) is 82.8 Å². The Kier molecular flexibility index (Phi) is 8.39. The molecule has 0 unspecified atom stereocenters. The molecule has 0 bridgehead atoms. The van der Waals surface area contributed by atoms with Crippen LogP contribution in [0, 0.1) is 0 Å². The fraction of sp³-hybridized carbons (Fsp3) is 0. The molecule has 0 aliphatic rings. The Bertz CT molecular complexity index is 3870. The molecule has 0 amide bonds. The predicted molar refractivity (Wildman–Crippen MR) is 262 cm³/mol. The molecule has 7 heteroatoms. The van der Waals surface area contributed by atoms with Gasteiger partial charge in [0.15, 0.2) is 23.1 Å². The SMILES string of the molecule is c1ccc(-c2nc(-c3ccccc3)nc(-c3ccc4oc(-c5ccc(-n6c7ccccc7c7cc(-c8cccc9c8oc8c(-c%10ccccc%10)cccc89)ccc76)cc5)nc4c3)n2)cc1. The molecule has 0 fully saturated rings. The third-order valence-electron chi connectivity index (χ3n) is 12.3. The zero-order valence-electron chi connectivity index (χ0n) is 34.8. The van der Waals surface area contributed by atoms with Gasteiger partial charge in [0.05, 0.1) is 11.0 Å². The van der Waals surface area contributed by atoms with Gasteiger partial charge in [-0.05, 0) is 71.8 Å². The van der Waals surface area contributed by atoms with Crippen molar-refractivity contribution in [2.45, 2.75) is 0 Å². The molecule has 0 N–H and O–H groups in total. The van der Waals surface area contributed by atoms with Crippen LogP contribution in [0.15, 0.2) is 221 Å². The highest BCUT2D eigenvalue weighted by Crippen LogP contribution is 2.42. The van der Waals surface area contributed by atoms with E-state index in [0.29, 0.717) is 28.9 Å². The summed E-state index contributed by atoms with van der Waals surface area (Å²) in [4.78, 5) is 19.6. The Morgan fingerprint density at radius 1 is 0.323 bits per heavy atom. The van der Waals surface area contributed by atoms with Crippen LogP contribution in [0.25, 0.3) is 128 Å². The highest BCUT2D eigenvalue weighted by molar-refractivity contribution is 6.15. The van der Waals surface area contributed by atoms with Crippen LogP contribution in [-0.2, 0) is 0 Å². The van der Waals surface area contributed by atoms with E-state index in [2.05, 4.69) is 132 Å². The molecule has 0 spiro atoms. The first-order valence-corrected chi connectivity index (χ1v) is 21.6. The fourth-order valence-corrected chi connectivity index (χ4v) is 9.19. The summed E-state index contributed by atoms with van der Waals surface area (Å²) in [6, 6.07) is 72.9. The van der Waals surface area contributed by atoms with E-state index in [0.717, 1.165) is 88.7 Å². The van der Waals surface area contributed by atoms with Crippen molar-refractivity contribution in [1.82, 2.24) is 24.5 Å². The van der Waals surface area contributed by atoms with Gasteiger partial charge in [0.25, 0.3) is 0 Å². The minimum atomic E-state index is 0.539. The van der Waals surface area contributed by atoms with Gasteiger partial charge in [-0.3, -0.25) is 0 Å². The number of rotatable bonds is 7. The number of furan rings is 1. The molecule has 4 heterocycles. The summed E-state index contributed by atoms with van der Waals surface area (Å²) in [5.41, 5.74) is 14.4. The average molecular weight is 834 g/mol. The van der Waals surface area contributed by atoms with Gasteiger partial charge in [-0.1, -0.05) is 152 Å². The van der Waals surface area contributed by atoms with Crippen molar-refractivity contribution in [3.8, 4) is 73.6 Å². The van der Waals surface area contributed by atoms with Gasteiger partial charge in [0.2, 0.25) is 5.89 Å². The Morgan fingerprint density at radius 2 is 0.846 bits per heavy atom. The van der Waals surface area contributed by atoms with Crippen molar-refractivity contribution < 1.29 is 8.83 Å². The number of hydrogen-bond donors (Lipinski definition) is 0. The van der Waals surface area contributed by atoms with Gasteiger partial charge in [-0.25, -0.2) is 19.9 Å². The molecule has 0 saturated carbocycles. The van der Waals surface area contributed by atoms with Gasteiger partial charge in [-0.15, -0.1) is 0 Å². The van der Waals surface area contributed by atoms with E-state index in [1.165, 1.54) is 10.8 Å². The van der Waals surface area contributed by atoms with Gasteiger partial charge in [0.1, 0.15) is 16.7 Å². The third kappa shape index (κ3) is 6.20. The summed E-state index contributed by atoms with van der Waals surface area (Å²) in [6.07, 6.45) is 0. The minimum Gasteiger partial charge on any atom is -0.455 e. The molecule has 0 aliphatic carbocycles. The Labute approximate surface area is 372 Å². The van der Waals surface area contributed by atoms with Crippen molar-refractivity contribution in [2.24, 2.45) is 0 Å². The maximum Gasteiger partial charge on any atom is 0.227 e. The largest absolute Gasteiger partial charge is 0.455 e. The maximum atomic E-state index is 6.80. The Balaban J connectivity index is 0.854. The summed E-state index contributed by atoms with van der Waals surface area (Å²) in [7, 11) is 0. The molecule has 0 atom stereocenters. The van der Waals surface area contributed by atoms with E-state index in [-0.39, 0.29) is 0 Å². The molecule has 13 rings (SSSR count). The molecule has 0 aliphatic heterocycles. The summed E-state index contributed by atoms with van der Waals surface area (Å²) in [5, 5.41) is 4.56. The number of nitrogens with zero attached hydrogens (tertiary/aromatic N) is 5. The van der Waals surface area contributed by atoms with E-state index >= 15 is 0 Å². The average Bonchev–Trinajstić information content (AvgIpc) is 4.09. The number of hydrogen-bond acceptors (Lipinski definition) is 6. The lowest BCUT2D eigenvalue weighted by Crippen LogP contribution is -2.00. The number of oxazole rings is 1. The zero-order valence-corrected chi connectivity index (χ0v) is 34.8. The lowest BCUT2D eigenvalue weighted by Gasteiger charge is -2.09. The fourth-order valence-electron chi connectivity index (χ4n) is 9.19. The normalized spacial score (nSPS) is 11.7. The molecule has 304 valence electrons. The second-order valence-corrected chi connectivity index (χ2v) is 16.2. The van der Waals surface area contributed by atoms with E-state index in [1.807, 2.05) is 84.9 Å². The van der Waals surface area contributed by atoms with E-state index < -0.39 is 0 Å². The highest BCUT2D eigenvalue weighted by atomic mass is 16.3. The van der Waals surface area contributed by atoms with E-state index in [4.69, 9.17) is 28.8 Å². The van der Waals surface area contributed by atoms with Gasteiger partial charge in [0, 0.05) is 60.6 Å². The molecular weight excluding hydrogens is 799 g/mol. The Hall–Kier alpha value is -8.94. The molecule has 7 nitrogen and oxygen atoms in total. The molecule has 13 aromatic rings. The van der Waals surface area contributed by atoms with Crippen molar-refractivity contribution in [1.29, 1.82) is 0 Å². The van der Waals surface area contributed by atoms with Crippen LogP contribution in [0.3, 0.4) is 0 Å². The summed E-state index contributed by atoms with van der Waals surface area (Å²) in [5.74, 6) is 2.32. The monoisotopic (exact) mass is 833 g/mol. The first-order valence-electron chi connectivity index (χ1n) is 21.6. The Morgan fingerprint density at radius 3 is 1.51 bits per heavy atom. The minimum absolute atomic E-state index is 0.539. The van der Waals surface area contributed by atoms with Crippen LogP contribution in [0.5, 0.6) is 0 Å².